The van der Waals surface area contributed by atoms with Crippen molar-refractivity contribution in [2.24, 2.45) is 5.73 Å². The second-order valence-electron chi connectivity index (χ2n) is 3.50. The maximum atomic E-state index is 11.0. The molecule has 0 saturated carbocycles. The van der Waals surface area contributed by atoms with Crippen LogP contribution in [0.25, 0.3) is 0 Å². The van der Waals surface area contributed by atoms with Crippen molar-refractivity contribution >= 4 is 5.97 Å². The van der Waals surface area contributed by atoms with Crippen LogP contribution in [-0.2, 0) is 20.9 Å². The first-order chi connectivity index (χ1) is 9.04. The maximum absolute atomic E-state index is 11.0. The Hall–Kier alpha value is -2.52. The van der Waals surface area contributed by atoms with Gasteiger partial charge in [0.1, 0.15) is 18.0 Å². The molecule has 6 N–H and O–H groups in total. The van der Waals surface area contributed by atoms with Gasteiger partial charge in [-0.2, -0.15) is 0 Å². The highest BCUT2D eigenvalue weighted by atomic mass is 17.1. The highest BCUT2D eigenvalue weighted by Gasteiger charge is 2.18. The van der Waals surface area contributed by atoms with Crippen LogP contribution in [0.5, 0.6) is 0 Å². The summed E-state index contributed by atoms with van der Waals surface area (Å²) in [5, 5.41) is 17.3. The number of hydroxylamine groups is 1. The van der Waals surface area contributed by atoms with Crippen LogP contribution in [0.2, 0.25) is 0 Å². The number of nitrogens with one attached hydrogen (secondary N) is 2. The molecule has 0 saturated heterocycles. The second-order valence-corrected chi connectivity index (χ2v) is 3.50. The number of nitrogens with two attached hydrogens (primary N) is 1. The molecule has 0 spiro atoms. The Morgan fingerprint density at radius 1 is 1.74 bits per heavy atom. The molecule has 1 unspecified atom stereocenters. The van der Waals surface area contributed by atoms with Crippen LogP contribution in [0.1, 0.15) is 5.69 Å². The van der Waals surface area contributed by atoms with Crippen LogP contribution in [0.4, 0.5) is 0 Å². The zero-order valence-electron chi connectivity index (χ0n) is 9.87. The van der Waals surface area contributed by atoms with E-state index in [-0.39, 0.29) is 17.9 Å². The van der Waals surface area contributed by atoms with E-state index in [4.69, 9.17) is 20.9 Å². The topological polar surface area (TPSA) is 143 Å². The Kier molecular flexibility index (Phi) is 5.38. The first-order valence-electron chi connectivity index (χ1n) is 5.12. The number of carbonyl (C=O) groups is 1. The van der Waals surface area contributed by atoms with Gasteiger partial charge < -0.3 is 25.5 Å². The summed E-state index contributed by atoms with van der Waals surface area (Å²) in [6, 6.07) is -1.01. The molecule has 104 valence electrons. The van der Waals surface area contributed by atoms with Gasteiger partial charge in [-0.05, 0) is 0 Å². The lowest BCUT2D eigenvalue weighted by Gasteiger charge is -2.12. The molecule has 0 fully saturated rings. The van der Waals surface area contributed by atoms with Crippen LogP contribution in [0, 0.1) is 0 Å². The second kappa shape index (κ2) is 7.03. The zero-order chi connectivity index (χ0) is 14.3. The minimum absolute atomic E-state index is 0.0966. The number of carboxylic acid groups (broad SMARTS) is 1. The molecule has 0 aliphatic rings. The van der Waals surface area contributed by atoms with Gasteiger partial charge in [0.05, 0.1) is 6.33 Å². The highest BCUT2D eigenvalue weighted by Crippen LogP contribution is 2.02. The Labute approximate surface area is 108 Å². The van der Waals surface area contributed by atoms with Crippen molar-refractivity contribution in [3.8, 4) is 0 Å². The van der Waals surface area contributed by atoms with E-state index in [0.29, 0.717) is 5.69 Å². The smallest absolute Gasteiger partial charge is 0.324 e. The van der Waals surface area contributed by atoms with E-state index < -0.39 is 12.0 Å². The van der Waals surface area contributed by atoms with E-state index >= 15 is 0 Å². The highest BCUT2D eigenvalue weighted by molar-refractivity contribution is 5.73. The summed E-state index contributed by atoms with van der Waals surface area (Å²) in [4.78, 5) is 26.1. The average Bonchev–Trinajstić information content (AvgIpc) is 2.89. The summed E-state index contributed by atoms with van der Waals surface area (Å²) < 4.78 is 0. The number of aliphatic carboxylic acids is 1. The summed E-state index contributed by atoms with van der Waals surface area (Å²) in [5.74, 6) is -1.33. The molecule has 0 amide bonds. The summed E-state index contributed by atoms with van der Waals surface area (Å²) in [6.07, 6.45) is 4.04. The van der Waals surface area contributed by atoms with Gasteiger partial charge in [0.15, 0.2) is 5.76 Å². The molecule has 0 aliphatic carbocycles. The average molecular weight is 270 g/mol. The molecular weight excluding hydrogens is 256 g/mol. The molecule has 19 heavy (non-hydrogen) atoms. The lowest BCUT2D eigenvalue weighted by Crippen LogP contribution is -2.37. The minimum Gasteiger partial charge on any atom is -0.480 e. The number of rotatable bonds is 8. The van der Waals surface area contributed by atoms with Crippen molar-refractivity contribution in [1.82, 2.24) is 15.4 Å². The number of nitrogens with zero attached hydrogens (tertiary/aromatic N) is 1. The minimum atomic E-state index is -1.11. The maximum Gasteiger partial charge on any atom is 0.324 e. The molecule has 1 atom stereocenters. The third-order valence-electron chi connectivity index (χ3n) is 2.11. The predicted octanol–water partition coefficient (Wildman–Crippen LogP) is -0.270. The van der Waals surface area contributed by atoms with Crippen LogP contribution >= 0.6 is 0 Å². The molecule has 0 aromatic carbocycles. The molecule has 1 heterocycles. The molecule has 1 rings (SSSR count). The number of hydrogen-bond donors (Lipinski definition) is 5. The third kappa shape index (κ3) is 4.69. The van der Waals surface area contributed by atoms with E-state index in [1.165, 1.54) is 12.5 Å². The van der Waals surface area contributed by atoms with E-state index in [1.54, 1.807) is 0 Å². The van der Waals surface area contributed by atoms with E-state index in [2.05, 4.69) is 26.9 Å². The van der Waals surface area contributed by atoms with Gasteiger partial charge in [0, 0.05) is 18.3 Å². The quantitative estimate of drug-likeness (QED) is 0.188. The first-order valence-corrected chi connectivity index (χ1v) is 5.12. The first kappa shape index (κ1) is 14.5. The van der Waals surface area contributed by atoms with Gasteiger partial charge >= 0.3 is 5.97 Å². The Bertz CT molecular complexity index is 456. The van der Waals surface area contributed by atoms with Crippen LogP contribution in [0.3, 0.4) is 0 Å². The lowest BCUT2D eigenvalue weighted by molar-refractivity contribution is -0.199. The summed E-state index contributed by atoms with van der Waals surface area (Å²) in [5.41, 5.74) is 8.19. The number of aromatic amines is 1. The normalized spacial score (nSPS) is 12.8. The number of imidazole rings is 1. The standard InChI is InChI=1S/C10H14N4O5/c1-6(19-17)8(11)4-18-14-9(10(15)16)2-7-3-12-5-13-7/h3-5,9,14,17H,1-2,11H2,(H,12,13)(H,15,16)/b8-4+. The predicted molar refractivity (Wildman–Crippen MR) is 63.1 cm³/mol. The monoisotopic (exact) mass is 270 g/mol. The van der Waals surface area contributed by atoms with Crippen molar-refractivity contribution < 1.29 is 24.9 Å². The number of hydrogen-bond acceptors (Lipinski definition) is 7. The van der Waals surface area contributed by atoms with Crippen LogP contribution in [0.15, 0.2) is 36.8 Å². The van der Waals surface area contributed by atoms with E-state index in [9.17, 15) is 4.79 Å². The number of carboxylic acids is 1. The molecule has 1 aromatic rings. The fraction of sp³-hybridized carbons (Fsp3) is 0.200. The third-order valence-corrected chi connectivity index (χ3v) is 2.11. The molecule has 1 aromatic heterocycles. The Morgan fingerprint density at radius 2 is 2.47 bits per heavy atom. The molecule has 9 nitrogen and oxygen atoms in total. The van der Waals surface area contributed by atoms with Gasteiger partial charge in [-0.25, -0.2) is 10.2 Å². The fourth-order valence-corrected chi connectivity index (χ4v) is 1.09. The van der Waals surface area contributed by atoms with Crippen LogP contribution in [-0.4, -0.2) is 32.3 Å². The van der Waals surface area contributed by atoms with Gasteiger partial charge in [-0.1, -0.05) is 6.58 Å². The number of H-pyrrole nitrogens is 1. The molecular formula is C10H14N4O5. The fourth-order valence-electron chi connectivity index (χ4n) is 1.09. The Morgan fingerprint density at radius 3 is 3.00 bits per heavy atom. The molecule has 0 bridgehead atoms. The lowest BCUT2D eigenvalue weighted by atomic mass is 10.2. The summed E-state index contributed by atoms with van der Waals surface area (Å²) in [6.45, 7) is 3.26. The molecule has 0 radical (unpaired) electrons. The summed E-state index contributed by atoms with van der Waals surface area (Å²) in [7, 11) is 0. The zero-order valence-corrected chi connectivity index (χ0v) is 9.87. The van der Waals surface area contributed by atoms with Crippen molar-refractivity contribution in [1.29, 1.82) is 0 Å². The molecule has 0 aliphatic heterocycles. The van der Waals surface area contributed by atoms with E-state index in [1.807, 2.05) is 0 Å². The summed E-state index contributed by atoms with van der Waals surface area (Å²) >= 11 is 0. The van der Waals surface area contributed by atoms with Gasteiger partial charge in [-0.15, -0.1) is 5.48 Å². The largest absolute Gasteiger partial charge is 0.480 e. The molecule has 9 heteroatoms. The number of aromatic nitrogens is 2. The van der Waals surface area contributed by atoms with Crippen molar-refractivity contribution in [3.63, 3.8) is 0 Å². The SMILES string of the molecule is C=C(OO)/C(N)=C\ONC(Cc1cnc[nH]1)C(=O)O. The van der Waals surface area contributed by atoms with Gasteiger partial charge in [0.25, 0.3) is 0 Å². The van der Waals surface area contributed by atoms with Crippen molar-refractivity contribution in [3.05, 3.63) is 42.5 Å². The van der Waals surface area contributed by atoms with Crippen molar-refractivity contribution in [2.45, 2.75) is 12.5 Å². The van der Waals surface area contributed by atoms with Crippen molar-refractivity contribution in [2.75, 3.05) is 0 Å². The van der Waals surface area contributed by atoms with Crippen LogP contribution < -0.4 is 11.2 Å². The Balaban J connectivity index is 2.51. The van der Waals surface area contributed by atoms with E-state index in [0.717, 1.165) is 6.26 Å². The van der Waals surface area contributed by atoms with Gasteiger partial charge in [-0.3, -0.25) is 4.79 Å². The van der Waals surface area contributed by atoms with Gasteiger partial charge in [0.2, 0.25) is 0 Å².